The van der Waals surface area contributed by atoms with Crippen LogP contribution in [0.5, 0.6) is 0 Å². The van der Waals surface area contributed by atoms with Gasteiger partial charge in [0.2, 0.25) is 5.91 Å². The number of nitrogens with one attached hydrogen (secondary N) is 2. The fourth-order valence-electron chi connectivity index (χ4n) is 3.54. The predicted molar refractivity (Wildman–Crippen MR) is 113 cm³/mol. The molecule has 1 aromatic carbocycles. The van der Waals surface area contributed by atoms with E-state index in [1.54, 1.807) is 13.8 Å². The number of Topliss-reactive ketones (excluding diaryl/α,β-unsaturated/α-hetero) is 1. The van der Waals surface area contributed by atoms with Gasteiger partial charge in [-0.3, -0.25) is 9.59 Å². The van der Waals surface area contributed by atoms with Gasteiger partial charge in [-0.25, -0.2) is 9.48 Å². The van der Waals surface area contributed by atoms with E-state index in [1.807, 2.05) is 0 Å². The molecule has 2 aromatic heterocycles. The molecule has 0 unspecified atom stereocenters. The minimum Gasteiger partial charge on any atom is -0.465 e. The molecule has 174 valence electrons. The lowest BCUT2D eigenvalue weighted by atomic mass is 10.1. The number of hydrogen-bond donors (Lipinski definition) is 2. The van der Waals surface area contributed by atoms with E-state index in [9.17, 15) is 27.6 Å². The standard InChI is InChI=1S/C22H21F3N4O4/c1-11-9-17(29(28-11)16-8-6-5-7-14(16)22(23,24)25)27-18(31)10-15-19(21(32)33-4)12(2)20(26-15)13(3)30/h5-9,26H,10H2,1-4H3,(H,27,31). The number of hydrogen-bond acceptors (Lipinski definition) is 5. The number of methoxy groups -OCH3 is 1. The van der Waals surface area contributed by atoms with Crippen molar-refractivity contribution in [2.24, 2.45) is 0 Å². The number of aryl methyl sites for hydroxylation is 1. The first-order chi connectivity index (χ1) is 15.4. The van der Waals surface area contributed by atoms with Crippen LogP contribution < -0.4 is 5.32 Å². The van der Waals surface area contributed by atoms with Crippen LogP contribution in [0, 0.1) is 13.8 Å². The second kappa shape index (κ2) is 8.93. The number of alkyl halides is 3. The van der Waals surface area contributed by atoms with Crippen molar-refractivity contribution in [2.75, 3.05) is 12.4 Å². The van der Waals surface area contributed by atoms with Crippen molar-refractivity contribution in [1.29, 1.82) is 0 Å². The minimum atomic E-state index is -4.63. The molecule has 0 spiro atoms. The van der Waals surface area contributed by atoms with Gasteiger partial charge >= 0.3 is 12.1 Å². The van der Waals surface area contributed by atoms with Crippen molar-refractivity contribution in [3.63, 3.8) is 0 Å². The normalized spacial score (nSPS) is 11.4. The van der Waals surface area contributed by atoms with Crippen LogP contribution in [0.2, 0.25) is 0 Å². The van der Waals surface area contributed by atoms with E-state index in [0.29, 0.717) is 11.3 Å². The number of esters is 1. The summed E-state index contributed by atoms with van der Waals surface area (Å²) in [4.78, 5) is 39.6. The Balaban J connectivity index is 1.96. The Kier molecular flexibility index (Phi) is 6.43. The van der Waals surface area contributed by atoms with Crippen LogP contribution in [-0.2, 0) is 22.1 Å². The molecule has 1 amide bonds. The monoisotopic (exact) mass is 462 g/mol. The van der Waals surface area contributed by atoms with E-state index in [-0.39, 0.29) is 40.7 Å². The van der Waals surface area contributed by atoms with Gasteiger partial charge in [-0.2, -0.15) is 18.3 Å². The Morgan fingerprint density at radius 2 is 1.85 bits per heavy atom. The number of rotatable bonds is 6. The van der Waals surface area contributed by atoms with E-state index in [1.165, 1.54) is 38.3 Å². The molecule has 0 fully saturated rings. The lowest BCUT2D eigenvalue weighted by molar-refractivity contribution is -0.137. The molecule has 8 nitrogen and oxygen atoms in total. The van der Waals surface area contributed by atoms with Crippen molar-refractivity contribution in [3.8, 4) is 5.69 Å². The topological polar surface area (TPSA) is 106 Å². The highest BCUT2D eigenvalue weighted by Crippen LogP contribution is 2.34. The van der Waals surface area contributed by atoms with Crippen LogP contribution in [0.15, 0.2) is 30.3 Å². The SMILES string of the molecule is COC(=O)c1c(CC(=O)Nc2cc(C)nn2-c2ccccc2C(F)(F)F)[nH]c(C(C)=O)c1C. The van der Waals surface area contributed by atoms with Gasteiger partial charge in [-0.05, 0) is 31.5 Å². The summed E-state index contributed by atoms with van der Waals surface area (Å²) in [6, 6.07) is 6.28. The van der Waals surface area contributed by atoms with Gasteiger partial charge in [0.25, 0.3) is 0 Å². The summed E-state index contributed by atoms with van der Waals surface area (Å²) in [6.07, 6.45) is -4.98. The largest absolute Gasteiger partial charge is 0.465 e. The average Bonchev–Trinajstić information content (AvgIpc) is 3.25. The molecule has 2 heterocycles. The highest BCUT2D eigenvalue weighted by atomic mass is 19.4. The zero-order chi connectivity index (χ0) is 24.5. The molecular weight excluding hydrogens is 441 g/mol. The summed E-state index contributed by atoms with van der Waals surface area (Å²) >= 11 is 0. The summed E-state index contributed by atoms with van der Waals surface area (Å²) in [5.41, 5.74) is -0.0613. The maximum absolute atomic E-state index is 13.5. The molecule has 0 saturated carbocycles. The van der Waals surface area contributed by atoms with Gasteiger partial charge in [0.15, 0.2) is 5.78 Å². The lowest BCUT2D eigenvalue weighted by Gasteiger charge is -2.15. The third-order valence-corrected chi connectivity index (χ3v) is 4.94. The zero-order valence-corrected chi connectivity index (χ0v) is 18.3. The van der Waals surface area contributed by atoms with Gasteiger partial charge in [0.05, 0.1) is 41.7 Å². The van der Waals surface area contributed by atoms with Gasteiger partial charge in [0.1, 0.15) is 5.82 Å². The minimum absolute atomic E-state index is 0.0175. The van der Waals surface area contributed by atoms with E-state index in [2.05, 4.69) is 15.4 Å². The Morgan fingerprint density at radius 3 is 2.45 bits per heavy atom. The van der Waals surface area contributed by atoms with Crippen LogP contribution in [-0.4, -0.2) is 39.5 Å². The molecule has 0 aliphatic carbocycles. The summed E-state index contributed by atoms with van der Waals surface area (Å²) in [7, 11) is 1.17. The number of para-hydroxylation sites is 1. The number of carbonyl (C=O) groups is 3. The van der Waals surface area contributed by atoms with Crippen LogP contribution in [0.4, 0.5) is 19.0 Å². The average molecular weight is 462 g/mol. The third-order valence-electron chi connectivity index (χ3n) is 4.94. The van der Waals surface area contributed by atoms with Crippen LogP contribution in [0.3, 0.4) is 0 Å². The lowest BCUT2D eigenvalue weighted by Crippen LogP contribution is -2.20. The van der Waals surface area contributed by atoms with Crippen molar-refractivity contribution >= 4 is 23.5 Å². The zero-order valence-electron chi connectivity index (χ0n) is 18.3. The van der Waals surface area contributed by atoms with Crippen molar-refractivity contribution in [1.82, 2.24) is 14.8 Å². The number of aromatic amines is 1. The van der Waals surface area contributed by atoms with Crippen molar-refractivity contribution in [2.45, 2.75) is 33.4 Å². The number of H-pyrrole nitrogens is 1. The molecule has 33 heavy (non-hydrogen) atoms. The van der Waals surface area contributed by atoms with E-state index in [4.69, 9.17) is 4.74 Å². The van der Waals surface area contributed by atoms with Crippen LogP contribution in [0.25, 0.3) is 5.69 Å². The summed E-state index contributed by atoms with van der Waals surface area (Å²) < 4.78 is 46.2. The first-order valence-corrected chi connectivity index (χ1v) is 9.77. The molecule has 0 bridgehead atoms. The third kappa shape index (κ3) is 4.81. The molecule has 0 aliphatic rings. The molecule has 0 saturated heterocycles. The quantitative estimate of drug-likeness (QED) is 0.425. The fraction of sp³-hybridized carbons (Fsp3) is 0.273. The molecule has 11 heteroatoms. The Bertz CT molecular complexity index is 1240. The summed E-state index contributed by atoms with van der Waals surface area (Å²) in [6.45, 7) is 4.43. The van der Waals surface area contributed by atoms with Crippen LogP contribution >= 0.6 is 0 Å². The number of nitrogens with zero attached hydrogens (tertiary/aromatic N) is 2. The molecule has 0 aliphatic heterocycles. The predicted octanol–water partition coefficient (Wildman–Crippen LogP) is 4.01. The molecule has 3 rings (SSSR count). The Morgan fingerprint density at radius 1 is 1.18 bits per heavy atom. The number of anilines is 1. The smallest absolute Gasteiger partial charge is 0.418 e. The summed E-state index contributed by atoms with van der Waals surface area (Å²) in [5.74, 6) is -1.67. The van der Waals surface area contributed by atoms with Gasteiger partial charge in [-0.1, -0.05) is 12.1 Å². The maximum Gasteiger partial charge on any atom is 0.418 e. The van der Waals surface area contributed by atoms with Crippen molar-refractivity contribution in [3.05, 3.63) is 64.1 Å². The molecule has 2 N–H and O–H groups in total. The highest BCUT2D eigenvalue weighted by molar-refractivity contribution is 6.02. The van der Waals surface area contributed by atoms with Crippen LogP contribution in [0.1, 0.15) is 50.3 Å². The van der Waals surface area contributed by atoms with Gasteiger partial charge in [-0.15, -0.1) is 0 Å². The number of aromatic nitrogens is 3. The highest BCUT2D eigenvalue weighted by Gasteiger charge is 2.34. The number of amides is 1. The second-order valence-electron chi connectivity index (χ2n) is 7.35. The van der Waals surface area contributed by atoms with Gasteiger partial charge < -0.3 is 15.0 Å². The number of halogens is 3. The number of benzene rings is 1. The van der Waals surface area contributed by atoms with E-state index in [0.717, 1.165) is 10.7 Å². The fourth-order valence-corrected chi connectivity index (χ4v) is 3.54. The number of ketones is 1. The maximum atomic E-state index is 13.5. The first kappa shape index (κ1) is 23.8. The Labute approximate surface area is 186 Å². The molecule has 3 aromatic rings. The van der Waals surface area contributed by atoms with E-state index < -0.39 is 23.6 Å². The molecule has 0 atom stereocenters. The summed E-state index contributed by atoms with van der Waals surface area (Å²) in [5, 5.41) is 6.63. The second-order valence-corrected chi connectivity index (χ2v) is 7.35. The molecule has 0 radical (unpaired) electrons. The van der Waals surface area contributed by atoms with Gasteiger partial charge in [0, 0.05) is 18.7 Å². The number of ether oxygens (including phenoxy) is 1. The van der Waals surface area contributed by atoms with E-state index >= 15 is 0 Å². The molecular formula is C22H21F3N4O4. The Hall–Kier alpha value is -3.89. The first-order valence-electron chi connectivity index (χ1n) is 9.77. The number of carbonyl (C=O) groups excluding carboxylic acids is 3. The van der Waals surface area contributed by atoms with Crippen molar-refractivity contribution < 1.29 is 32.3 Å².